The van der Waals surface area contributed by atoms with Gasteiger partial charge in [0.1, 0.15) is 11.9 Å². The number of unbranched alkanes of at least 4 members (excludes halogenated alkanes) is 1. The molecule has 0 aliphatic carbocycles. The maximum Gasteiger partial charge on any atom is 0.143 e. The Kier molecular flexibility index (Phi) is 4.73. The predicted molar refractivity (Wildman–Crippen MR) is 79.5 cm³/mol. The molecule has 0 heterocycles. The average Bonchev–Trinajstić information content (AvgIpc) is 2.47. The molecule has 0 fully saturated rings. The zero-order valence-corrected chi connectivity index (χ0v) is 11.5. The van der Waals surface area contributed by atoms with E-state index >= 15 is 0 Å². The minimum atomic E-state index is -0.503. The van der Waals surface area contributed by atoms with Crippen molar-refractivity contribution in [2.75, 3.05) is 5.32 Å². The third kappa shape index (κ3) is 3.58. The Labute approximate surface area is 118 Å². The second kappa shape index (κ2) is 6.72. The van der Waals surface area contributed by atoms with Gasteiger partial charge in [-0.1, -0.05) is 25.5 Å². The summed E-state index contributed by atoms with van der Waals surface area (Å²) in [5, 5.41) is 11.8. The lowest BCUT2D eigenvalue weighted by Crippen LogP contribution is -1.93. The monoisotopic (exact) mass is 268 g/mol. The van der Waals surface area contributed by atoms with Gasteiger partial charge in [0.05, 0.1) is 5.56 Å². The van der Waals surface area contributed by atoms with E-state index < -0.39 is 5.82 Å². The topological polar surface area (TPSA) is 35.8 Å². The first-order chi connectivity index (χ1) is 9.72. The minimum Gasteiger partial charge on any atom is -0.355 e. The van der Waals surface area contributed by atoms with Crippen LogP contribution in [-0.4, -0.2) is 0 Å². The molecule has 2 aromatic carbocycles. The van der Waals surface area contributed by atoms with Gasteiger partial charge in [-0.25, -0.2) is 4.39 Å². The van der Waals surface area contributed by atoms with E-state index in [1.165, 1.54) is 30.5 Å². The van der Waals surface area contributed by atoms with Gasteiger partial charge in [0.15, 0.2) is 0 Å². The van der Waals surface area contributed by atoms with Crippen molar-refractivity contribution in [3.8, 4) is 6.07 Å². The lowest BCUT2D eigenvalue weighted by molar-refractivity contribution is 0.624. The summed E-state index contributed by atoms with van der Waals surface area (Å²) in [6, 6.07) is 14.5. The second-order valence-electron chi connectivity index (χ2n) is 4.73. The molecule has 0 aliphatic rings. The van der Waals surface area contributed by atoms with Gasteiger partial charge in [0.25, 0.3) is 0 Å². The van der Waals surface area contributed by atoms with Crippen molar-refractivity contribution >= 4 is 11.4 Å². The van der Waals surface area contributed by atoms with E-state index in [9.17, 15) is 4.39 Å². The van der Waals surface area contributed by atoms with E-state index in [2.05, 4.69) is 24.4 Å². The molecule has 0 spiro atoms. The van der Waals surface area contributed by atoms with Crippen LogP contribution in [0, 0.1) is 17.1 Å². The fraction of sp³-hybridized carbons (Fsp3) is 0.235. The number of hydrogen-bond acceptors (Lipinski definition) is 2. The molecule has 2 rings (SSSR count). The van der Waals surface area contributed by atoms with E-state index in [0.29, 0.717) is 5.69 Å². The van der Waals surface area contributed by atoms with Crippen molar-refractivity contribution in [2.45, 2.75) is 26.2 Å². The molecule has 102 valence electrons. The standard InChI is InChI=1S/C17H17FN2/c1-2-3-4-13-5-8-15(9-6-13)20-16-10-7-14(12-19)17(18)11-16/h5-11,20H,2-4H2,1H3. The zero-order valence-electron chi connectivity index (χ0n) is 11.5. The summed E-state index contributed by atoms with van der Waals surface area (Å²) < 4.78 is 13.5. The molecule has 0 aromatic heterocycles. The van der Waals surface area contributed by atoms with Crippen LogP contribution in [-0.2, 0) is 6.42 Å². The van der Waals surface area contributed by atoms with Gasteiger partial charge in [-0.05, 0) is 48.7 Å². The van der Waals surface area contributed by atoms with E-state index in [0.717, 1.165) is 12.1 Å². The molecule has 0 amide bonds. The number of nitrogens with one attached hydrogen (secondary N) is 1. The first-order valence-electron chi connectivity index (χ1n) is 6.78. The van der Waals surface area contributed by atoms with Gasteiger partial charge in [0, 0.05) is 11.4 Å². The number of nitrogens with zero attached hydrogens (tertiary/aromatic N) is 1. The van der Waals surface area contributed by atoms with Crippen LogP contribution >= 0.6 is 0 Å². The molecule has 2 nitrogen and oxygen atoms in total. The molecule has 3 heteroatoms. The van der Waals surface area contributed by atoms with Crippen molar-refractivity contribution in [1.82, 2.24) is 0 Å². The van der Waals surface area contributed by atoms with Crippen LogP contribution in [0.4, 0.5) is 15.8 Å². The molecule has 20 heavy (non-hydrogen) atoms. The summed E-state index contributed by atoms with van der Waals surface area (Å²) in [5.41, 5.74) is 2.92. The highest BCUT2D eigenvalue weighted by molar-refractivity contribution is 5.60. The quantitative estimate of drug-likeness (QED) is 0.846. The van der Waals surface area contributed by atoms with Crippen LogP contribution in [0.5, 0.6) is 0 Å². The largest absolute Gasteiger partial charge is 0.355 e. The highest BCUT2D eigenvalue weighted by Crippen LogP contribution is 2.20. The van der Waals surface area contributed by atoms with Crippen molar-refractivity contribution in [3.05, 3.63) is 59.4 Å². The Bertz CT molecular complexity index is 612. The van der Waals surface area contributed by atoms with Crippen molar-refractivity contribution < 1.29 is 4.39 Å². The Morgan fingerprint density at radius 1 is 1.10 bits per heavy atom. The Morgan fingerprint density at radius 2 is 1.80 bits per heavy atom. The zero-order chi connectivity index (χ0) is 14.4. The van der Waals surface area contributed by atoms with E-state index in [-0.39, 0.29) is 5.56 Å². The van der Waals surface area contributed by atoms with Crippen molar-refractivity contribution in [3.63, 3.8) is 0 Å². The molecule has 0 bridgehead atoms. The third-order valence-corrected chi connectivity index (χ3v) is 3.15. The van der Waals surface area contributed by atoms with Gasteiger partial charge in [0.2, 0.25) is 0 Å². The summed E-state index contributed by atoms with van der Waals surface area (Å²) >= 11 is 0. The van der Waals surface area contributed by atoms with Gasteiger partial charge < -0.3 is 5.32 Å². The molecule has 0 atom stereocenters. The Hall–Kier alpha value is -2.34. The van der Waals surface area contributed by atoms with Gasteiger partial charge in [-0.3, -0.25) is 0 Å². The number of benzene rings is 2. The number of halogens is 1. The van der Waals surface area contributed by atoms with Crippen LogP contribution in [0.2, 0.25) is 0 Å². The van der Waals surface area contributed by atoms with Crippen LogP contribution in [0.3, 0.4) is 0 Å². The summed E-state index contributed by atoms with van der Waals surface area (Å²) in [4.78, 5) is 0. The first-order valence-corrected chi connectivity index (χ1v) is 6.78. The number of rotatable bonds is 5. The Balaban J connectivity index is 2.06. The maximum absolute atomic E-state index is 13.5. The fourth-order valence-electron chi connectivity index (χ4n) is 1.99. The molecule has 1 N–H and O–H groups in total. The summed E-state index contributed by atoms with van der Waals surface area (Å²) in [7, 11) is 0. The number of aryl methyl sites for hydroxylation is 1. The number of anilines is 2. The maximum atomic E-state index is 13.5. The predicted octanol–water partition coefficient (Wildman–Crippen LogP) is 4.78. The average molecular weight is 268 g/mol. The highest BCUT2D eigenvalue weighted by Gasteiger charge is 2.03. The smallest absolute Gasteiger partial charge is 0.143 e. The molecule has 0 saturated carbocycles. The number of nitriles is 1. The van der Waals surface area contributed by atoms with Crippen LogP contribution in [0.1, 0.15) is 30.9 Å². The number of hydrogen-bond donors (Lipinski definition) is 1. The summed E-state index contributed by atoms with van der Waals surface area (Å²) in [5.74, 6) is -0.503. The lowest BCUT2D eigenvalue weighted by Gasteiger charge is -2.08. The van der Waals surface area contributed by atoms with E-state index in [4.69, 9.17) is 5.26 Å². The summed E-state index contributed by atoms with van der Waals surface area (Å²) in [6.45, 7) is 2.18. The molecule has 0 saturated heterocycles. The Morgan fingerprint density at radius 3 is 2.40 bits per heavy atom. The van der Waals surface area contributed by atoms with Crippen molar-refractivity contribution in [2.24, 2.45) is 0 Å². The molecule has 0 unspecified atom stereocenters. The molecule has 2 aromatic rings. The molecular weight excluding hydrogens is 251 g/mol. The molecule has 0 radical (unpaired) electrons. The molecular formula is C17H17FN2. The summed E-state index contributed by atoms with van der Waals surface area (Å²) in [6.07, 6.45) is 3.46. The third-order valence-electron chi connectivity index (χ3n) is 3.15. The van der Waals surface area contributed by atoms with E-state index in [1.54, 1.807) is 6.07 Å². The lowest BCUT2D eigenvalue weighted by atomic mass is 10.1. The first kappa shape index (κ1) is 14.1. The normalized spacial score (nSPS) is 10.1. The second-order valence-corrected chi connectivity index (χ2v) is 4.73. The minimum absolute atomic E-state index is 0.0606. The van der Waals surface area contributed by atoms with Crippen LogP contribution in [0.15, 0.2) is 42.5 Å². The fourth-order valence-corrected chi connectivity index (χ4v) is 1.99. The molecule has 0 aliphatic heterocycles. The van der Waals surface area contributed by atoms with Gasteiger partial charge in [-0.15, -0.1) is 0 Å². The van der Waals surface area contributed by atoms with Gasteiger partial charge >= 0.3 is 0 Å². The van der Waals surface area contributed by atoms with Crippen LogP contribution in [0.25, 0.3) is 0 Å². The van der Waals surface area contributed by atoms with Gasteiger partial charge in [-0.2, -0.15) is 5.26 Å². The SMILES string of the molecule is CCCCc1ccc(Nc2ccc(C#N)c(F)c2)cc1. The van der Waals surface area contributed by atoms with E-state index in [1.807, 2.05) is 18.2 Å². The highest BCUT2D eigenvalue weighted by atomic mass is 19.1. The van der Waals surface area contributed by atoms with Crippen molar-refractivity contribution in [1.29, 1.82) is 5.26 Å². The van der Waals surface area contributed by atoms with Crippen LogP contribution < -0.4 is 5.32 Å².